The molecular weight excluding hydrogens is 250 g/mol. The summed E-state index contributed by atoms with van der Waals surface area (Å²) in [5, 5.41) is 7.99. The number of aryl methyl sites for hydroxylation is 1. The lowest BCUT2D eigenvalue weighted by Gasteiger charge is -2.43. The number of hydrogen-bond acceptors (Lipinski definition) is 3. The second kappa shape index (κ2) is 7.23. The van der Waals surface area contributed by atoms with Gasteiger partial charge in [-0.1, -0.05) is 26.2 Å². The van der Waals surface area contributed by atoms with E-state index in [1.54, 1.807) is 0 Å². The molecule has 1 heterocycles. The second-order valence-corrected chi connectivity index (χ2v) is 5.76. The van der Waals surface area contributed by atoms with Crippen LogP contribution in [-0.4, -0.2) is 29.0 Å². The van der Waals surface area contributed by atoms with Gasteiger partial charge in [-0.25, -0.2) is 0 Å². The number of ether oxygens (including phenoxy) is 1. The highest BCUT2D eigenvalue weighted by Gasteiger charge is 2.42. The summed E-state index contributed by atoms with van der Waals surface area (Å²) in [5.74, 6) is 0. The standard InChI is InChI=1S/C16H29N3O/c1-4-13-19-14(9-12-18-19)15(17-3)16(20-5-2)10-7-6-8-11-16/h9,12,15,17H,4-8,10-11,13H2,1-3H3. The van der Waals surface area contributed by atoms with Gasteiger partial charge < -0.3 is 10.1 Å². The van der Waals surface area contributed by atoms with Crippen molar-refractivity contribution in [3.63, 3.8) is 0 Å². The molecule has 4 heteroatoms. The number of rotatable bonds is 7. The first-order valence-corrected chi connectivity index (χ1v) is 8.10. The zero-order valence-electron chi connectivity index (χ0n) is 13.2. The van der Waals surface area contributed by atoms with Crippen LogP contribution in [0.25, 0.3) is 0 Å². The van der Waals surface area contributed by atoms with Crippen molar-refractivity contribution in [2.75, 3.05) is 13.7 Å². The number of hydrogen-bond donors (Lipinski definition) is 1. The van der Waals surface area contributed by atoms with Crippen LogP contribution in [0.3, 0.4) is 0 Å². The maximum absolute atomic E-state index is 6.28. The lowest BCUT2D eigenvalue weighted by atomic mass is 9.78. The van der Waals surface area contributed by atoms with Gasteiger partial charge in [-0.15, -0.1) is 0 Å². The number of nitrogens with one attached hydrogen (secondary N) is 1. The summed E-state index contributed by atoms with van der Waals surface area (Å²) >= 11 is 0. The van der Waals surface area contributed by atoms with Gasteiger partial charge in [0.05, 0.1) is 17.3 Å². The van der Waals surface area contributed by atoms with Crippen LogP contribution in [0.4, 0.5) is 0 Å². The lowest BCUT2D eigenvalue weighted by molar-refractivity contribution is -0.0915. The van der Waals surface area contributed by atoms with Crippen molar-refractivity contribution < 1.29 is 4.74 Å². The minimum atomic E-state index is -0.0622. The quantitative estimate of drug-likeness (QED) is 0.832. The van der Waals surface area contributed by atoms with Crippen LogP contribution < -0.4 is 5.32 Å². The molecule has 1 unspecified atom stereocenters. The fraction of sp³-hybridized carbons (Fsp3) is 0.812. The molecule has 0 bridgehead atoms. The van der Waals surface area contributed by atoms with Gasteiger partial charge in [-0.05, 0) is 39.3 Å². The van der Waals surface area contributed by atoms with Crippen molar-refractivity contribution in [2.45, 2.75) is 70.6 Å². The molecule has 1 N–H and O–H groups in total. The fourth-order valence-corrected chi connectivity index (χ4v) is 3.62. The lowest BCUT2D eigenvalue weighted by Crippen LogP contribution is -2.47. The molecule has 1 aromatic heterocycles. The Morgan fingerprint density at radius 3 is 2.70 bits per heavy atom. The molecule has 2 rings (SSSR count). The maximum Gasteiger partial charge on any atom is 0.0891 e. The van der Waals surface area contributed by atoms with Crippen LogP contribution in [0.1, 0.15) is 64.1 Å². The topological polar surface area (TPSA) is 39.1 Å². The zero-order chi connectivity index (χ0) is 14.4. The Balaban J connectivity index is 2.29. The molecule has 1 aliphatic carbocycles. The first-order valence-electron chi connectivity index (χ1n) is 8.10. The Bertz CT molecular complexity index is 391. The van der Waals surface area contributed by atoms with Gasteiger partial charge in [-0.3, -0.25) is 4.68 Å². The third-order valence-corrected chi connectivity index (χ3v) is 4.43. The van der Waals surface area contributed by atoms with Crippen molar-refractivity contribution in [3.05, 3.63) is 18.0 Å². The van der Waals surface area contributed by atoms with E-state index in [9.17, 15) is 0 Å². The van der Waals surface area contributed by atoms with E-state index in [0.717, 1.165) is 32.4 Å². The molecule has 4 nitrogen and oxygen atoms in total. The molecule has 0 saturated heterocycles. The van der Waals surface area contributed by atoms with Crippen molar-refractivity contribution in [1.29, 1.82) is 0 Å². The molecule has 1 saturated carbocycles. The molecule has 0 amide bonds. The van der Waals surface area contributed by atoms with E-state index in [1.165, 1.54) is 25.0 Å². The first kappa shape index (κ1) is 15.5. The molecular formula is C16H29N3O. The van der Waals surface area contributed by atoms with Crippen LogP contribution >= 0.6 is 0 Å². The van der Waals surface area contributed by atoms with Crippen LogP contribution in [0.5, 0.6) is 0 Å². The first-order chi connectivity index (χ1) is 9.77. The largest absolute Gasteiger partial charge is 0.373 e. The van der Waals surface area contributed by atoms with E-state index < -0.39 is 0 Å². The highest BCUT2D eigenvalue weighted by atomic mass is 16.5. The zero-order valence-corrected chi connectivity index (χ0v) is 13.2. The minimum absolute atomic E-state index is 0.0622. The molecule has 1 aliphatic rings. The summed E-state index contributed by atoms with van der Waals surface area (Å²) in [7, 11) is 2.04. The molecule has 114 valence electrons. The van der Waals surface area contributed by atoms with Crippen molar-refractivity contribution in [2.24, 2.45) is 0 Å². The smallest absolute Gasteiger partial charge is 0.0891 e. The third-order valence-electron chi connectivity index (χ3n) is 4.43. The fourth-order valence-electron chi connectivity index (χ4n) is 3.62. The van der Waals surface area contributed by atoms with Gasteiger partial charge in [0, 0.05) is 19.3 Å². The summed E-state index contributed by atoms with van der Waals surface area (Å²) in [6, 6.07) is 2.38. The number of likely N-dealkylation sites (N-methyl/N-ethyl adjacent to an activating group) is 1. The highest BCUT2D eigenvalue weighted by Crippen LogP contribution is 2.41. The average molecular weight is 279 g/mol. The summed E-state index contributed by atoms with van der Waals surface area (Å²) in [6.45, 7) is 6.05. The van der Waals surface area contributed by atoms with Crippen molar-refractivity contribution in [1.82, 2.24) is 15.1 Å². The summed E-state index contributed by atoms with van der Waals surface area (Å²) in [6.07, 6.45) is 9.16. The average Bonchev–Trinajstić information content (AvgIpc) is 2.90. The Hall–Kier alpha value is -0.870. The highest BCUT2D eigenvalue weighted by molar-refractivity contribution is 5.14. The van der Waals surface area contributed by atoms with Gasteiger partial charge in [0.15, 0.2) is 0 Å². The maximum atomic E-state index is 6.28. The monoisotopic (exact) mass is 279 g/mol. The van der Waals surface area contributed by atoms with Crippen molar-refractivity contribution >= 4 is 0 Å². The van der Waals surface area contributed by atoms with Gasteiger partial charge in [-0.2, -0.15) is 5.10 Å². The molecule has 0 spiro atoms. The second-order valence-electron chi connectivity index (χ2n) is 5.76. The molecule has 0 aliphatic heterocycles. The van der Waals surface area contributed by atoms with E-state index in [1.807, 2.05) is 13.2 Å². The van der Waals surface area contributed by atoms with Gasteiger partial charge in [0.1, 0.15) is 0 Å². The summed E-state index contributed by atoms with van der Waals surface area (Å²) in [5.41, 5.74) is 1.21. The number of nitrogens with zero attached hydrogens (tertiary/aromatic N) is 2. The molecule has 0 aromatic carbocycles. The van der Waals surface area contributed by atoms with Gasteiger partial charge in [0.2, 0.25) is 0 Å². The molecule has 1 aromatic rings. The predicted octanol–water partition coefficient (Wildman–Crippen LogP) is 3.29. The molecule has 0 radical (unpaired) electrons. The SMILES string of the molecule is CCCn1nccc1C(NC)C1(OCC)CCCCC1. The van der Waals surface area contributed by atoms with E-state index in [4.69, 9.17) is 4.74 Å². The predicted molar refractivity (Wildman–Crippen MR) is 81.8 cm³/mol. The Kier molecular flexibility index (Phi) is 5.61. The Labute approximate surface area is 122 Å². The van der Waals surface area contributed by atoms with Crippen LogP contribution in [-0.2, 0) is 11.3 Å². The van der Waals surface area contributed by atoms with Gasteiger partial charge in [0.25, 0.3) is 0 Å². The molecule has 1 fully saturated rings. The summed E-state index contributed by atoms with van der Waals surface area (Å²) < 4.78 is 8.41. The Morgan fingerprint density at radius 2 is 2.10 bits per heavy atom. The number of aromatic nitrogens is 2. The minimum Gasteiger partial charge on any atom is -0.373 e. The molecule has 1 atom stereocenters. The normalized spacial score (nSPS) is 19.9. The van der Waals surface area contributed by atoms with E-state index in [0.29, 0.717) is 0 Å². The summed E-state index contributed by atoms with van der Waals surface area (Å²) in [4.78, 5) is 0. The van der Waals surface area contributed by atoms with Gasteiger partial charge >= 0.3 is 0 Å². The van der Waals surface area contributed by atoms with Crippen LogP contribution in [0.15, 0.2) is 12.3 Å². The van der Waals surface area contributed by atoms with E-state index >= 15 is 0 Å². The van der Waals surface area contributed by atoms with Crippen molar-refractivity contribution in [3.8, 4) is 0 Å². The van der Waals surface area contributed by atoms with E-state index in [2.05, 4.69) is 35.0 Å². The van der Waals surface area contributed by atoms with Crippen LogP contribution in [0, 0.1) is 0 Å². The Morgan fingerprint density at radius 1 is 1.35 bits per heavy atom. The van der Waals surface area contributed by atoms with E-state index in [-0.39, 0.29) is 11.6 Å². The van der Waals surface area contributed by atoms with Crippen LogP contribution in [0.2, 0.25) is 0 Å². The molecule has 20 heavy (non-hydrogen) atoms. The third kappa shape index (κ3) is 3.07.